The van der Waals surface area contributed by atoms with Gasteiger partial charge in [0, 0.05) is 0 Å². The highest BCUT2D eigenvalue weighted by atomic mass is 19.1. The number of nitrogens with zero attached hydrogens (tertiary/aromatic N) is 1. The molecular weight excluding hydrogens is 225 g/mol. The predicted molar refractivity (Wildman–Crippen MR) is 57.1 cm³/mol. The van der Waals surface area contributed by atoms with Gasteiger partial charge in [0.05, 0.1) is 0 Å². The summed E-state index contributed by atoms with van der Waals surface area (Å²) < 4.78 is 18.7. The minimum atomic E-state index is -1.05. The van der Waals surface area contributed by atoms with Crippen LogP contribution in [0.4, 0.5) is 4.39 Å². The smallest absolute Gasteiger partial charge is 0.319 e. The molecule has 0 spiro atoms. The summed E-state index contributed by atoms with van der Waals surface area (Å²) in [5.74, 6) is -1.34. The monoisotopic (exact) mass is 235 g/mol. The van der Waals surface area contributed by atoms with Crippen molar-refractivity contribution >= 4 is 17.1 Å². The number of aliphatic carboxylic acids is 1. The van der Waals surface area contributed by atoms with Crippen molar-refractivity contribution in [2.75, 3.05) is 0 Å². The van der Waals surface area contributed by atoms with Gasteiger partial charge in [0.15, 0.2) is 11.4 Å². The molecule has 1 aliphatic rings. The molecule has 0 amide bonds. The fraction of sp³-hybridized carbons (Fsp3) is 0.333. The quantitative estimate of drug-likeness (QED) is 0.868. The number of aromatic nitrogens is 1. The molecule has 0 bridgehead atoms. The molecule has 17 heavy (non-hydrogen) atoms. The van der Waals surface area contributed by atoms with E-state index in [4.69, 9.17) is 4.42 Å². The largest absolute Gasteiger partial charge is 0.480 e. The highest BCUT2D eigenvalue weighted by Gasteiger charge is 2.50. The number of carboxylic acid groups (broad SMARTS) is 1. The fourth-order valence-corrected chi connectivity index (χ4v) is 2.17. The molecule has 1 saturated carbocycles. The number of para-hydroxylation sites is 1. The van der Waals surface area contributed by atoms with Gasteiger partial charge in [-0.2, -0.15) is 0 Å². The Bertz CT molecular complexity index is 601. The van der Waals surface area contributed by atoms with Gasteiger partial charge in [-0.15, -0.1) is 0 Å². The molecule has 0 aliphatic heterocycles. The molecule has 0 radical (unpaired) electrons. The summed E-state index contributed by atoms with van der Waals surface area (Å²) in [6, 6.07) is 4.41. The van der Waals surface area contributed by atoms with Crippen LogP contribution in [0.2, 0.25) is 0 Å². The molecule has 0 unspecified atom stereocenters. The van der Waals surface area contributed by atoms with Crippen LogP contribution in [0.3, 0.4) is 0 Å². The van der Waals surface area contributed by atoms with Crippen LogP contribution in [-0.4, -0.2) is 16.1 Å². The maximum Gasteiger partial charge on any atom is 0.319 e. The Labute approximate surface area is 96.1 Å². The second-order valence-electron chi connectivity index (χ2n) is 4.35. The van der Waals surface area contributed by atoms with E-state index in [1.165, 1.54) is 12.1 Å². The number of carbonyl (C=O) groups is 1. The van der Waals surface area contributed by atoms with E-state index < -0.39 is 17.2 Å². The highest BCUT2D eigenvalue weighted by molar-refractivity contribution is 5.83. The molecular formula is C12H10FNO3. The Hall–Kier alpha value is -1.91. The summed E-state index contributed by atoms with van der Waals surface area (Å²) in [5.41, 5.74) is -0.645. The molecule has 1 heterocycles. The zero-order valence-corrected chi connectivity index (χ0v) is 8.94. The summed E-state index contributed by atoms with van der Waals surface area (Å²) in [6.45, 7) is 0. The maximum absolute atomic E-state index is 13.4. The average molecular weight is 235 g/mol. The molecule has 3 rings (SSSR count). The Balaban J connectivity index is 2.18. The third-order valence-corrected chi connectivity index (χ3v) is 3.39. The summed E-state index contributed by atoms with van der Waals surface area (Å²) in [6.07, 6.45) is 1.82. The van der Waals surface area contributed by atoms with Crippen molar-refractivity contribution in [3.05, 3.63) is 29.9 Å². The molecule has 0 saturated heterocycles. The van der Waals surface area contributed by atoms with Gasteiger partial charge in [-0.1, -0.05) is 12.5 Å². The van der Waals surface area contributed by atoms with Gasteiger partial charge in [-0.05, 0) is 25.0 Å². The Kier molecular flexibility index (Phi) is 1.98. The van der Waals surface area contributed by atoms with E-state index >= 15 is 0 Å². The first-order valence-electron chi connectivity index (χ1n) is 5.42. The van der Waals surface area contributed by atoms with Crippen molar-refractivity contribution in [3.8, 4) is 0 Å². The zero-order valence-electron chi connectivity index (χ0n) is 8.94. The number of carboxylic acids is 1. The molecule has 1 fully saturated rings. The third-order valence-electron chi connectivity index (χ3n) is 3.39. The molecule has 1 aliphatic carbocycles. The van der Waals surface area contributed by atoms with Crippen molar-refractivity contribution in [1.82, 2.24) is 4.98 Å². The standard InChI is InChI=1S/C12H10FNO3/c13-7-3-1-4-8-9(7)17-10(14-8)12(11(15)16)5-2-6-12/h1,3-4H,2,5-6H2,(H,15,16). The molecule has 1 aromatic heterocycles. The van der Waals surface area contributed by atoms with Crippen LogP contribution in [0.5, 0.6) is 0 Å². The van der Waals surface area contributed by atoms with E-state index in [1.54, 1.807) is 6.07 Å². The first kappa shape index (κ1) is 10.3. The number of hydrogen-bond acceptors (Lipinski definition) is 3. The minimum absolute atomic E-state index is 0.0371. The third kappa shape index (κ3) is 1.28. The van der Waals surface area contributed by atoms with Gasteiger partial charge in [0.25, 0.3) is 0 Å². The minimum Gasteiger partial charge on any atom is -0.480 e. The normalized spacial score (nSPS) is 17.9. The van der Waals surface area contributed by atoms with Crippen molar-refractivity contribution in [1.29, 1.82) is 0 Å². The Morgan fingerprint density at radius 2 is 2.24 bits per heavy atom. The molecule has 2 aromatic rings. The topological polar surface area (TPSA) is 63.3 Å². The lowest BCUT2D eigenvalue weighted by Gasteiger charge is -2.34. The van der Waals surface area contributed by atoms with E-state index in [9.17, 15) is 14.3 Å². The van der Waals surface area contributed by atoms with Gasteiger partial charge < -0.3 is 9.52 Å². The molecule has 1 N–H and O–H groups in total. The van der Waals surface area contributed by atoms with Crippen LogP contribution in [0.15, 0.2) is 22.6 Å². The number of halogens is 1. The van der Waals surface area contributed by atoms with E-state index in [0.717, 1.165) is 6.42 Å². The van der Waals surface area contributed by atoms with Crippen LogP contribution >= 0.6 is 0 Å². The molecule has 0 atom stereocenters. The lowest BCUT2D eigenvalue weighted by atomic mass is 9.68. The lowest BCUT2D eigenvalue weighted by Crippen LogP contribution is -2.42. The average Bonchev–Trinajstić information content (AvgIpc) is 2.60. The summed E-state index contributed by atoms with van der Waals surface area (Å²) in [4.78, 5) is 15.4. The van der Waals surface area contributed by atoms with Crippen LogP contribution in [0.25, 0.3) is 11.1 Å². The molecule has 5 heteroatoms. The van der Waals surface area contributed by atoms with Gasteiger partial charge >= 0.3 is 5.97 Å². The van der Waals surface area contributed by atoms with E-state index in [0.29, 0.717) is 18.4 Å². The number of fused-ring (bicyclic) bond motifs is 1. The maximum atomic E-state index is 13.4. The van der Waals surface area contributed by atoms with Crippen LogP contribution in [-0.2, 0) is 10.2 Å². The zero-order chi connectivity index (χ0) is 12.0. The van der Waals surface area contributed by atoms with Crippen LogP contribution in [0, 0.1) is 5.82 Å². The van der Waals surface area contributed by atoms with Gasteiger partial charge in [-0.25, -0.2) is 9.37 Å². The molecule has 1 aromatic carbocycles. The number of oxazole rings is 1. The van der Waals surface area contributed by atoms with E-state index in [1.807, 2.05) is 0 Å². The van der Waals surface area contributed by atoms with Crippen molar-refractivity contribution < 1.29 is 18.7 Å². The highest BCUT2D eigenvalue weighted by Crippen LogP contribution is 2.44. The SMILES string of the molecule is O=C(O)C1(c2nc3cccc(F)c3o2)CCC1. The summed E-state index contributed by atoms with van der Waals surface area (Å²) in [7, 11) is 0. The van der Waals surface area contributed by atoms with Gasteiger partial charge in [-0.3, -0.25) is 4.79 Å². The summed E-state index contributed by atoms with van der Waals surface area (Å²) >= 11 is 0. The van der Waals surface area contributed by atoms with Crippen molar-refractivity contribution in [2.45, 2.75) is 24.7 Å². The van der Waals surface area contributed by atoms with Crippen molar-refractivity contribution in [2.24, 2.45) is 0 Å². The number of hydrogen-bond donors (Lipinski definition) is 1. The number of rotatable bonds is 2. The predicted octanol–water partition coefficient (Wildman–Crippen LogP) is 2.47. The van der Waals surface area contributed by atoms with E-state index in [2.05, 4.69) is 4.98 Å². The Morgan fingerprint density at radius 3 is 2.76 bits per heavy atom. The summed E-state index contributed by atoms with van der Waals surface area (Å²) in [5, 5.41) is 9.24. The first-order valence-corrected chi connectivity index (χ1v) is 5.42. The van der Waals surface area contributed by atoms with E-state index in [-0.39, 0.29) is 11.5 Å². The lowest BCUT2D eigenvalue weighted by molar-refractivity contribution is -0.148. The second kappa shape index (κ2) is 3.29. The second-order valence-corrected chi connectivity index (χ2v) is 4.35. The van der Waals surface area contributed by atoms with Crippen LogP contribution < -0.4 is 0 Å². The molecule has 4 nitrogen and oxygen atoms in total. The van der Waals surface area contributed by atoms with Gasteiger partial charge in [0.1, 0.15) is 10.9 Å². The first-order chi connectivity index (χ1) is 8.13. The van der Waals surface area contributed by atoms with Crippen LogP contribution in [0.1, 0.15) is 25.2 Å². The molecule has 88 valence electrons. The Morgan fingerprint density at radius 1 is 1.47 bits per heavy atom. The number of benzene rings is 1. The fourth-order valence-electron chi connectivity index (χ4n) is 2.17. The van der Waals surface area contributed by atoms with Gasteiger partial charge in [0.2, 0.25) is 5.89 Å². The van der Waals surface area contributed by atoms with Crippen molar-refractivity contribution in [3.63, 3.8) is 0 Å².